The third kappa shape index (κ3) is 4.81. The molecule has 0 rings (SSSR count). The number of Topliss-reactive ketones (excluding diaryl/α,β-unsaturated/α-hetero) is 1. The monoisotopic (exact) mass is 237 g/mol. The number of carbonyl (C=O) groups excluding carboxylic acids is 2. The standard InChI is InChI=1S/C9H13F2NO4/c1-9(2,3)16-8(14)5(12-15-4)6(13)7(10)11/h7H,1-4H3. The lowest BCUT2D eigenvalue weighted by Gasteiger charge is -2.19. The van der Waals surface area contributed by atoms with E-state index in [0.29, 0.717) is 0 Å². The molecule has 0 bridgehead atoms. The van der Waals surface area contributed by atoms with Gasteiger partial charge in [0.05, 0.1) is 0 Å². The van der Waals surface area contributed by atoms with Gasteiger partial charge in [0.2, 0.25) is 5.71 Å². The molecule has 0 fully saturated rings. The van der Waals surface area contributed by atoms with E-state index in [0.717, 1.165) is 7.11 Å². The zero-order chi connectivity index (χ0) is 12.9. The minimum atomic E-state index is -3.33. The van der Waals surface area contributed by atoms with Crippen LogP contribution in [0, 0.1) is 0 Å². The fourth-order valence-electron chi connectivity index (χ4n) is 0.704. The molecule has 0 aliphatic heterocycles. The van der Waals surface area contributed by atoms with Gasteiger partial charge in [0.1, 0.15) is 12.7 Å². The predicted octanol–water partition coefficient (Wildman–Crippen LogP) is 1.16. The van der Waals surface area contributed by atoms with Gasteiger partial charge in [0.15, 0.2) is 0 Å². The fourth-order valence-corrected chi connectivity index (χ4v) is 0.704. The molecule has 92 valence electrons. The van der Waals surface area contributed by atoms with Gasteiger partial charge in [-0.15, -0.1) is 0 Å². The molecule has 0 N–H and O–H groups in total. The number of ether oxygens (including phenoxy) is 1. The molecule has 0 atom stereocenters. The van der Waals surface area contributed by atoms with Crippen LogP contribution in [0.4, 0.5) is 8.78 Å². The van der Waals surface area contributed by atoms with E-state index in [1.165, 1.54) is 20.8 Å². The third-order valence-corrected chi connectivity index (χ3v) is 1.21. The molecular weight excluding hydrogens is 224 g/mol. The predicted molar refractivity (Wildman–Crippen MR) is 51.3 cm³/mol. The van der Waals surface area contributed by atoms with Crippen molar-refractivity contribution >= 4 is 17.5 Å². The van der Waals surface area contributed by atoms with E-state index in [2.05, 4.69) is 9.99 Å². The maximum Gasteiger partial charge on any atom is 0.364 e. The molecule has 5 nitrogen and oxygen atoms in total. The number of nitrogens with zero attached hydrogens (tertiary/aromatic N) is 1. The van der Waals surface area contributed by atoms with E-state index >= 15 is 0 Å². The third-order valence-electron chi connectivity index (χ3n) is 1.21. The van der Waals surface area contributed by atoms with Crippen LogP contribution in [0.1, 0.15) is 20.8 Å². The molecule has 0 spiro atoms. The Labute approximate surface area is 91.4 Å². The van der Waals surface area contributed by atoms with Crippen molar-refractivity contribution in [2.75, 3.05) is 7.11 Å². The van der Waals surface area contributed by atoms with Gasteiger partial charge in [-0.25, -0.2) is 13.6 Å². The average molecular weight is 237 g/mol. The highest BCUT2D eigenvalue weighted by Gasteiger charge is 2.32. The van der Waals surface area contributed by atoms with Crippen LogP contribution in [0.2, 0.25) is 0 Å². The molecule has 0 aliphatic carbocycles. The van der Waals surface area contributed by atoms with Crippen LogP contribution in [0.25, 0.3) is 0 Å². The number of esters is 1. The molecule has 0 aliphatic rings. The molecule has 0 heterocycles. The van der Waals surface area contributed by atoms with Gasteiger partial charge in [-0.1, -0.05) is 5.16 Å². The summed E-state index contributed by atoms with van der Waals surface area (Å²) < 4.78 is 28.9. The van der Waals surface area contributed by atoms with Crippen molar-refractivity contribution in [2.45, 2.75) is 32.8 Å². The number of alkyl halides is 2. The zero-order valence-corrected chi connectivity index (χ0v) is 9.41. The Morgan fingerprint density at radius 1 is 1.25 bits per heavy atom. The van der Waals surface area contributed by atoms with Gasteiger partial charge in [0, 0.05) is 0 Å². The van der Waals surface area contributed by atoms with E-state index in [-0.39, 0.29) is 0 Å². The summed E-state index contributed by atoms with van der Waals surface area (Å²) in [5.74, 6) is -2.96. The molecule has 0 unspecified atom stereocenters. The van der Waals surface area contributed by atoms with Crippen LogP contribution in [0.15, 0.2) is 5.16 Å². The van der Waals surface area contributed by atoms with Crippen molar-refractivity contribution in [3.8, 4) is 0 Å². The second-order valence-corrected chi connectivity index (χ2v) is 3.79. The SMILES string of the molecule is CON=C(C(=O)OC(C)(C)C)C(=O)C(F)F. The van der Waals surface area contributed by atoms with Crippen molar-refractivity contribution in [3.05, 3.63) is 0 Å². The lowest BCUT2D eigenvalue weighted by atomic mass is 10.2. The summed E-state index contributed by atoms with van der Waals surface area (Å²) in [5, 5.41) is 2.94. The summed E-state index contributed by atoms with van der Waals surface area (Å²) in [7, 11) is 1.03. The van der Waals surface area contributed by atoms with Gasteiger partial charge in [-0.2, -0.15) is 0 Å². The van der Waals surface area contributed by atoms with Crippen molar-refractivity contribution in [2.24, 2.45) is 5.16 Å². The summed E-state index contributed by atoms with van der Waals surface area (Å²) in [6, 6.07) is 0. The van der Waals surface area contributed by atoms with Gasteiger partial charge in [0.25, 0.3) is 5.78 Å². The number of carbonyl (C=O) groups is 2. The first kappa shape index (κ1) is 14.5. The lowest BCUT2D eigenvalue weighted by molar-refractivity contribution is -0.147. The van der Waals surface area contributed by atoms with Gasteiger partial charge >= 0.3 is 12.4 Å². The number of hydrogen-bond acceptors (Lipinski definition) is 5. The van der Waals surface area contributed by atoms with Gasteiger partial charge < -0.3 is 9.57 Å². The second kappa shape index (κ2) is 5.53. The smallest absolute Gasteiger partial charge is 0.364 e. The zero-order valence-electron chi connectivity index (χ0n) is 9.41. The summed E-state index contributed by atoms with van der Waals surface area (Å²) >= 11 is 0. The number of hydrogen-bond donors (Lipinski definition) is 0. The normalized spacial score (nSPS) is 12.6. The molecule has 0 saturated heterocycles. The quantitative estimate of drug-likeness (QED) is 0.318. The van der Waals surface area contributed by atoms with Crippen molar-refractivity contribution in [1.82, 2.24) is 0 Å². The Kier molecular flexibility index (Phi) is 5.00. The molecular formula is C9H13F2NO4. The largest absolute Gasteiger partial charge is 0.455 e. The highest BCUT2D eigenvalue weighted by molar-refractivity contribution is 6.65. The highest BCUT2D eigenvalue weighted by Crippen LogP contribution is 2.09. The van der Waals surface area contributed by atoms with Crippen molar-refractivity contribution in [1.29, 1.82) is 0 Å². The summed E-state index contributed by atoms with van der Waals surface area (Å²) in [6.07, 6.45) is -3.33. The first-order valence-electron chi connectivity index (χ1n) is 4.36. The molecule has 0 aromatic rings. The minimum Gasteiger partial charge on any atom is -0.455 e. The van der Waals surface area contributed by atoms with E-state index < -0.39 is 29.5 Å². The van der Waals surface area contributed by atoms with Gasteiger partial charge in [-0.05, 0) is 20.8 Å². The van der Waals surface area contributed by atoms with Crippen LogP contribution < -0.4 is 0 Å². The highest BCUT2D eigenvalue weighted by atomic mass is 19.3. The topological polar surface area (TPSA) is 65.0 Å². The fraction of sp³-hybridized carbons (Fsp3) is 0.667. The van der Waals surface area contributed by atoms with E-state index in [4.69, 9.17) is 4.74 Å². The van der Waals surface area contributed by atoms with Crippen molar-refractivity contribution < 1.29 is 27.9 Å². The summed E-state index contributed by atoms with van der Waals surface area (Å²) in [5.41, 5.74) is -1.96. The molecule has 16 heavy (non-hydrogen) atoms. The number of rotatable bonds is 4. The molecule has 0 aromatic carbocycles. The molecule has 7 heteroatoms. The van der Waals surface area contributed by atoms with Crippen LogP contribution in [0.3, 0.4) is 0 Å². The van der Waals surface area contributed by atoms with E-state index in [1.54, 1.807) is 0 Å². The average Bonchev–Trinajstić information content (AvgIpc) is 2.09. The molecule has 0 amide bonds. The molecule has 0 aromatic heterocycles. The number of ketones is 1. The van der Waals surface area contributed by atoms with E-state index in [9.17, 15) is 18.4 Å². The second-order valence-electron chi connectivity index (χ2n) is 3.79. The summed E-state index contributed by atoms with van der Waals surface area (Å²) in [6.45, 7) is 4.59. The Bertz CT molecular complexity index is 307. The maximum atomic E-state index is 12.1. The molecule has 0 radical (unpaired) electrons. The number of oxime groups is 1. The molecule has 0 saturated carbocycles. The Balaban J connectivity index is 4.89. The maximum absolute atomic E-state index is 12.1. The van der Waals surface area contributed by atoms with Crippen LogP contribution in [0.5, 0.6) is 0 Å². The van der Waals surface area contributed by atoms with Crippen LogP contribution in [-0.4, -0.2) is 36.6 Å². The summed E-state index contributed by atoms with van der Waals surface area (Å²) in [4.78, 5) is 26.4. The number of halogens is 2. The minimum absolute atomic E-state index is 0.909. The Morgan fingerprint density at radius 2 is 1.75 bits per heavy atom. The Morgan fingerprint density at radius 3 is 2.06 bits per heavy atom. The lowest BCUT2D eigenvalue weighted by Crippen LogP contribution is -2.35. The first-order chi connectivity index (χ1) is 7.19. The first-order valence-corrected chi connectivity index (χ1v) is 4.36. The van der Waals surface area contributed by atoms with Crippen LogP contribution in [-0.2, 0) is 19.2 Å². The van der Waals surface area contributed by atoms with Crippen molar-refractivity contribution in [3.63, 3.8) is 0 Å². The van der Waals surface area contributed by atoms with E-state index in [1.807, 2.05) is 0 Å². The van der Waals surface area contributed by atoms with Crippen LogP contribution >= 0.6 is 0 Å². The Hall–Kier alpha value is -1.53. The van der Waals surface area contributed by atoms with Gasteiger partial charge in [-0.3, -0.25) is 4.79 Å².